The van der Waals surface area contributed by atoms with Crippen molar-refractivity contribution in [1.29, 1.82) is 0 Å². The fourth-order valence-corrected chi connectivity index (χ4v) is 4.52. The van der Waals surface area contributed by atoms with Gasteiger partial charge in [0.15, 0.2) is 28.3 Å². The van der Waals surface area contributed by atoms with Crippen molar-refractivity contribution in [1.82, 2.24) is 20.1 Å². The second kappa shape index (κ2) is 13.2. The van der Waals surface area contributed by atoms with Gasteiger partial charge in [-0.3, -0.25) is 9.59 Å². The van der Waals surface area contributed by atoms with Gasteiger partial charge in [0.25, 0.3) is 0 Å². The molecule has 0 atom stereocenters. The number of thioether (sulfide) groups is 1. The molecule has 13 heteroatoms. The number of rotatable bonds is 11. The fraction of sp³-hybridized carbons (Fsp3) is 0.250. The highest BCUT2D eigenvalue weighted by atomic mass is 79.9. The minimum Gasteiger partial charge on any atom is -0.493 e. The van der Waals surface area contributed by atoms with Crippen molar-refractivity contribution in [3.63, 3.8) is 0 Å². The zero-order valence-corrected chi connectivity index (χ0v) is 22.6. The molecule has 2 N–H and O–H groups in total. The highest BCUT2D eigenvalue weighted by molar-refractivity contribution is 9.10. The second-order valence-electron chi connectivity index (χ2n) is 7.39. The number of carbonyl (C=O) groups excluding carboxylic acids is 2. The molecule has 0 saturated heterocycles. The van der Waals surface area contributed by atoms with Crippen LogP contribution in [0.4, 0.5) is 14.5 Å². The van der Waals surface area contributed by atoms with Gasteiger partial charge in [-0.15, -0.1) is 10.2 Å². The van der Waals surface area contributed by atoms with Crippen LogP contribution in [0.1, 0.15) is 18.3 Å². The first-order valence-corrected chi connectivity index (χ1v) is 12.7. The van der Waals surface area contributed by atoms with Crippen LogP contribution in [0.2, 0.25) is 0 Å². The zero-order valence-electron chi connectivity index (χ0n) is 20.2. The monoisotopic (exact) mass is 595 g/mol. The van der Waals surface area contributed by atoms with Crippen LogP contribution in [0.5, 0.6) is 11.5 Å². The van der Waals surface area contributed by atoms with Crippen LogP contribution in [0.25, 0.3) is 6.08 Å². The summed E-state index contributed by atoms with van der Waals surface area (Å²) in [5, 5.41) is 13.8. The summed E-state index contributed by atoms with van der Waals surface area (Å²) in [4.78, 5) is 24.6. The lowest BCUT2D eigenvalue weighted by molar-refractivity contribution is -0.116. The maximum Gasteiger partial charge on any atom is 0.244 e. The number of ether oxygens (including phenoxy) is 2. The van der Waals surface area contributed by atoms with Gasteiger partial charge in [-0.05, 0) is 52.7 Å². The Balaban J connectivity index is 1.56. The number of carbonyl (C=O) groups is 2. The van der Waals surface area contributed by atoms with E-state index < -0.39 is 17.5 Å². The van der Waals surface area contributed by atoms with Crippen molar-refractivity contribution >= 4 is 51.3 Å². The van der Waals surface area contributed by atoms with Gasteiger partial charge >= 0.3 is 0 Å². The van der Waals surface area contributed by atoms with E-state index in [1.54, 1.807) is 36.0 Å². The summed E-state index contributed by atoms with van der Waals surface area (Å²) in [5.41, 5.74) is 0.613. The summed E-state index contributed by atoms with van der Waals surface area (Å²) in [6, 6.07) is 7.03. The fourth-order valence-electron chi connectivity index (χ4n) is 3.19. The lowest BCUT2D eigenvalue weighted by Gasteiger charge is -2.10. The molecular weight excluding hydrogens is 572 g/mol. The minimum atomic E-state index is -0.889. The van der Waals surface area contributed by atoms with Crippen molar-refractivity contribution in [2.75, 3.05) is 25.3 Å². The molecule has 3 aromatic rings. The summed E-state index contributed by atoms with van der Waals surface area (Å²) in [6.45, 7) is 2.50. The number of hydrogen-bond acceptors (Lipinski definition) is 7. The van der Waals surface area contributed by atoms with Crippen LogP contribution >= 0.6 is 27.7 Å². The van der Waals surface area contributed by atoms with E-state index in [0.29, 0.717) is 35.1 Å². The molecule has 0 aliphatic heterocycles. The Labute approximate surface area is 224 Å². The molecule has 0 aliphatic carbocycles. The normalized spacial score (nSPS) is 11.0. The lowest BCUT2D eigenvalue weighted by atomic mass is 10.2. The highest BCUT2D eigenvalue weighted by Gasteiger charge is 2.16. The Morgan fingerprint density at radius 3 is 2.57 bits per heavy atom. The predicted octanol–water partition coefficient (Wildman–Crippen LogP) is 4.42. The zero-order chi connectivity index (χ0) is 26.9. The number of aromatic nitrogens is 3. The number of amides is 2. The third kappa shape index (κ3) is 7.52. The maximum atomic E-state index is 14.0. The van der Waals surface area contributed by atoms with Gasteiger partial charge in [-0.1, -0.05) is 17.8 Å². The van der Waals surface area contributed by atoms with Gasteiger partial charge < -0.3 is 24.7 Å². The van der Waals surface area contributed by atoms with Crippen molar-refractivity contribution in [3.8, 4) is 11.5 Å². The predicted molar refractivity (Wildman–Crippen MR) is 140 cm³/mol. The maximum absolute atomic E-state index is 14.0. The van der Waals surface area contributed by atoms with Crippen molar-refractivity contribution in [3.05, 3.63) is 63.9 Å². The number of halogens is 3. The molecule has 37 heavy (non-hydrogen) atoms. The van der Waals surface area contributed by atoms with Gasteiger partial charge in [0.2, 0.25) is 11.8 Å². The van der Waals surface area contributed by atoms with Gasteiger partial charge in [0, 0.05) is 23.2 Å². The molecule has 0 bridgehead atoms. The molecular formula is C24H24BrF2N5O4S. The average molecular weight is 596 g/mol. The van der Waals surface area contributed by atoms with Crippen molar-refractivity contribution in [2.24, 2.45) is 0 Å². The van der Waals surface area contributed by atoms with Crippen LogP contribution < -0.4 is 20.1 Å². The first-order valence-electron chi connectivity index (χ1n) is 10.9. The Bertz CT molecular complexity index is 1300. The third-order valence-corrected chi connectivity index (χ3v) is 6.56. The van der Waals surface area contributed by atoms with Crippen molar-refractivity contribution in [2.45, 2.75) is 25.2 Å². The van der Waals surface area contributed by atoms with Gasteiger partial charge in [-0.2, -0.15) is 0 Å². The Morgan fingerprint density at radius 2 is 1.89 bits per heavy atom. The molecule has 0 spiro atoms. The van der Waals surface area contributed by atoms with Gasteiger partial charge in [0.05, 0.1) is 32.2 Å². The molecule has 0 aliphatic rings. The number of anilines is 1. The van der Waals surface area contributed by atoms with E-state index in [1.807, 2.05) is 6.92 Å². The molecule has 0 unspecified atom stereocenters. The van der Waals surface area contributed by atoms with Gasteiger partial charge in [0.1, 0.15) is 5.82 Å². The van der Waals surface area contributed by atoms with E-state index in [-0.39, 0.29) is 28.4 Å². The number of methoxy groups -OCH3 is 2. The molecule has 0 fully saturated rings. The minimum absolute atomic E-state index is 0.0815. The molecule has 1 heterocycles. The number of hydrogen-bond donors (Lipinski definition) is 2. The Kier molecular flexibility index (Phi) is 10.0. The van der Waals surface area contributed by atoms with Crippen LogP contribution in [0.3, 0.4) is 0 Å². The van der Waals surface area contributed by atoms with Crippen molar-refractivity contribution < 1.29 is 27.8 Å². The smallest absolute Gasteiger partial charge is 0.244 e. The topological polar surface area (TPSA) is 107 Å². The summed E-state index contributed by atoms with van der Waals surface area (Å²) in [5.74, 6) is -0.922. The van der Waals surface area contributed by atoms with Crippen LogP contribution in [0.15, 0.2) is 46.0 Å². The van der Waals surface area contributed by atoms with E-state index >= 15 is 0 Å². The second-order valence-corrected chi connectivity index (χ2v) is 9.19. The van der Waals surface area contributed by atoms with E-state index in [2.05, 4.69) is 36.8 Å². The molecule has 0 radical (unpaired) electrons. The summed E-state index contributed by atoms with van der Waals surface area (Å²) in [6.07, 6.45) is 3.03. The van der Waals surface area contributed by atoms with E-state index in [1.165, 1.54) is 13.2 Å². The van der Waals surface area contributed by atoms with E-state index in [9.17, 15) is 18.4 Å². The largest absolute Gasteiger partial charge is 0.493 e. The third-order valence-electron chi connectivity index (χ3n) is 4.97. The lowest BCUT2D eigenvalue weighted by Crippen LogP contribution is -2.22. The SMILES string of the molecule is CCn1c(CNC(=O)/C=C/c2ccc(OC)c(OC)c2)nnc1SCC(=O)Nc1c(F)cc(F)cc1Br. The molecule has 3 rings (SSSR count). The summed E-state index contributed by atoms with van der Waals surface area (Å²) < 4.78 is 39.5. The average Bonchev–Trinajstić information content (AvgIpc) is 3.28. The van der Waals surface area contributed by atoms with Crippen LogP contribution in [-0.4, -0.2) is 46.6 Å². The molecule has 9 nitrogen and oxygen atoms in total. The number of nitrogens with one attached hydrogen (secondary N) is 2. The van der Waals surface area contributed by atoms with Gasteiger partial charge in [-0.25, -0.2) is 8.78 Å². The number of benzene rings is 2. The number of nitrogens with zero attached hydrogens (tertiary/aromatic N) is 3. The highest BCUT2D eigenvalue weighted by Crippen LogP contribution is 2.28. The Morgan fingerprint density at radius 1 is 1.14 bits per heavy atom. The summed E-state index contributed by atoms with van der Waals surface area (Å²) in [7, 11) is 3.08. The quantitative estimate of drug-likeness (QED) is 0.250. The molecule has 2 aromatic carbocycles. The van der Waals surface area contributed by atoms with Crippen LogP contribution in [0, 0.1) is 11.6 Å². The first-order chi connectivity index (χ1) is 17.7. The molecule has 196 valence electrons. The Hall–Kier alpha value is -3.45. The van der Waals surface area contributed by atoms with E-state index in [0.717, 1.165) is 23.4 Å². The molecule has 1 aromatic heterocycles. The molecule has 0 saturated carbocycles. The standard InChI is InChI=1S/C24H24BrF2N5O4S/c1-4-32-20(12-28-21(33)8-6-14-5-7-18(35-2)19(9-14)36-3)30-31-24(32)37-13-22(34)29-23-16(25)10-15(26)11-17(23)27/h5-11H,4,12-13H2,1-3H3,(H,28,33)(H,29,34)/b8-6+. The summed E-state index contributed by atoms with van der Waals surface area (Å²) >= 11 is 4.14. The molecule has 2 amide bonds. The van der Waals surface area contributed by atoms with E-state index in [4.69, 9.17) is 9.47 Å². The first kappa shape index (κ1) is 28.1. The van der Waals surface area contributed by atoms with Crippen LogP contribution in [-0.2, 0) is 22.7 Å².